The SMILES string of the molecule is CC1(C)CNc2c(F)cccc2N1. The molecule has 0 aliphatic carbocycles. The smallest absolute Gasteiger partial charge is 0.148 e. The van der Waals surface area contributed by atoms with E-state index in [4.69, 9.17) is 0 Å². The van der Waals surface area contributed by atoms with Gasteiger partial charge in [-0.25, -0.2) is 4.39 Å². The van der Waals surface area contributed by atoms with Gasteiger partial charge in [0.05, 0.1) is 11.4 Å². The van der Waals surface area contributed by atoms with Gasteiger partial charge in [-0.15, -0.1) is 0 Å². The summed E-state index contributed by atoms with van der Waals surface area (Å²) in [5.41, 5.74) is 1.42. The summed E-state index contributed by atoms with van der Waals surface area (Å²) in [5.74, 6) is -0.194. The van der Waals surface area contributed by atoms with Gasteiger partial charge in [-0.3, -0.25) is 0 Å². The van der Waals surface area contributed by atoms with E-state index < -0.39 is 0 Å². The molecule has 2 nitrogen and oxygen atoms in total. The normalized spacial score (nSPS) is 18.4. The quantitative estimate of drug-likeness (QED) is 0.640. The van der Waals surface area contributed by atoms with Crippen LogP contribution in [0.25, 0.3) is 0 Å². The van der Waals surface area contributed by atoms with Crippen molar-refractivity contribution in [1.82, 2.24) is 0 Å². The van der Waals surface area contributed by atoms with E-state index in [0.717, 1.165) is 12.2 Å². The van der Waals surface area contributed by atoms with Crippen molar-refractivity contribution < 1.29 is 4.39 Å². The van der Waals surface area contributed by atoms with Crippen molar-refractivity contribution in [3.05, 3.63) is 24.0 Å². The predicted molar refractivity (Wildman–Crippen MR) is 52.6 cm³/mol. The van der Waals surface area contributed by atoms with Crippen molar-refractivity contribution in [3.63, 3.8) is 0 Å². The first-order valence-electron chi connectivity index (χ1n) is 4.39. The van der Waals surface area contributed by atoms with Gasteiger partial charge in [0.1, 0.15) is 5.82 Å². The average molecular weight is 180 g/mol. The summed E-state index contributed by atoms with van der Waals surface area (Å²) in [6, 6.07) is 5.06. The van der Waals surface area contributed by atoms with E-state index in [9.17, 15) is 4.39 Å². The zero-order chi connectivity index (χ0) is 9.47. The van der Waals surface area contributed by atoms with Crippen molar-refractivity contribution in [3.8, 4) is 0 Å². The molecule has 0 amide bonds. The maximum atomic E-state index is 13.2. The zero-order valence-corrected chi connectivity index (χ0v) is 7.82. The topological polar surface area (TPSA) is 24.1 Å². The number of hydrogen-bond donors (Lipinski definition) is 2. The highest BCUT2D eigenvalue weighted by molar-refractivity contribution is 5.72. The second-order valence-corrected chi connectivity index (χ2v) is 4.02. The maximum Gasteiger partial charge on any atom is 0.148 e. The van der Waals surface area contributed by atoms with Crippen molar-refractivity contribution in [2.24, 2.45) is 0 Å². The van der Waals surface area contributed by atoms with Crippen LogP contribution in [0.1, 0.15) is 13.8 Å². The van der Waals surface area contributed by atoms with Crippen LogP contribution >= 0.6 is 0 Å². The number of benzene rings is 1. The molecule has 1 aromatic carbocycles. The predicted octanol–water partition coefficient (Wildman–Crippen LogP) is 2.44. The lowest BCUT2D eigenvalue weighted by Crippen LogP contribution is -2.42. The van der Waals surface area contributed by atoms with Crippen LogP contribution in [-0.4, -0.2) is 12.1 Å². The number of fused-ring (bicyclic) bond motifs is 1. The minimum Gasteiger partial charge on any atom is -0.379 e. The summed E-state index contributed by atoms with van der Waals surface area (Å²) in [6.45, 7) is 4.89. The molecule has 0 aromatic heterocycles. The first-order chi connectivity index (χ1) is 6.08. The molecule has 0 atom stereocenters. The third kappa shape index (κ3) is 1.46. The largest absolute Gasteiger partial charge is 0.379 e. The Balaban J connectivity index is 2.42. The molecule has 0 fully saturated rings. The van der Waals surface area contributed by atoms with Gasteiger partial charge in [0.25, 0.3) is 0 Å². The molecule has 2 rings (SSSR count). The second-order valence-electron chi connectivity index (χ2n) is 4.02. The van der Waals surface area contributed by atoms with Gasteiger partial charge in [-0.05, 0) is 26.0 Å². The van der Waals surface area contributed by atoms with E-state index in [1.165, 1.54) is 6.07 Å². The zero-order valence-electron chi connectivity index (χ0n) is 7.82. The number of anilines is 2. The lowest BCUT2D eigenvalue weighted by molar-refractivity contribution is 0.574. The number of para-hydroxylation sites is 1. The summed E-state index contributed by atoms with van der Waals surface area (Å²) in [4.78, 5) is 0. The Morgan fingerprint density at radius 3 is 2.92 bits per heavy atom. The third-order valence-corrected chi connectivity index (χ3v) is 2.19. The molecule has 1 heterocycles. The summed E-state index contributed by atoms with van der Waals surface area (Å²) >= 11 is 0. The van der Waals surface area contributed by atoms with E-state index >= 15 is 0 Å². The molecule has 2 N–H and O–H groups in total. The fraction of sp³-hybridized carbons (Fsp3) is 0.400. The molecule has 0 radical (unpaired) electrons. The van der Waals surface area contributed by atoms with E-state index in [1.807, 2.05) is 6.07 Å². The Morgan fingerprint density at radius 2 is 2.15 bits per heavy atom. The van der Waals surface area contributed by atoms with Crippen molar-refractivity contribution >= 4 is 11.4 Å². The first kappa shape index (κ1) is 8.35. The number of hydrogen-bond acceptors (Lipinski definition) is 2. The number of nitrogens with one attached hydrogen (secondary N) is 2. The lowest BCUT2D eigenvalue weighted by Gasteiger charge is -2.34. The molecular formula is C10H13FN2. The molecular weight excluding hydrogens is 167 g/mol. The molecule has 1 aliphatic rings. The second kappa shape index (κ2) is 2.62. The Hall–Kier alpha value is -1.25. The van der Waals surface area contributed by atoms with Crippen LogP contribution in [0.15, 0.2) is 18.2 Å². The molecule has 3 heteroatoms. The van der Waals surface area contributed by atoms with E-state index in [-0.39, 0.29) is 11.4 Å². The minimum atomic E-state index is -0.194. The van der Waals surface area contributed by atoms with Gasteiger partial charge in [-0.2, -0.15) is 0 Å². The van der Waals surface area contributed by atoms with Crippen LogP contribution in [0.3, 0.4) is 0 Å². The summed E-state index contributed by atoms with van der Waals surface area (Å²) in [6.07, 6.45) is 0. The Bertz CT molecular complexity index is 334. The van der Waals surface area contributed by atoms with E-state index in [0.29, 0.717) is 5.69 Å². The van der Waals surface area contributed by atoms with Gasteiger partial charge in [0, 0.05) is 12.1 Å². The van der Waals surface area contributed by atoms with Crippen molar-refractivity contribution in [1.29, 1.82) is 0 Å². The molecule has 0 spiro atoms. The van der Waals surface area contributed by atoms with Crippen LogP contribution in [-0.2, 0) is 0 Å². The highest BCUT2D eigenvalue weighted by Crippen LogP contribution is 2.31. The first-order valence-corrected chi connectivity index (χ1v) is 4.39. The molecule has 70 valence electrons. The molecule has 13 heavy (non-hydrogen) atoms. The third-order valence-electron chi connectivity index (χ3n) is 2.19. The molecule has 1 aromatic rings. The Kier molecular flexibility index (Phi) is 1.68. The summed E-state index contributed by atoms with van der Waals surface area (Å²) < 4.78 is 13.2. The van der Waals surface area contributed by atoms with Gasteiger partial charge in [0.15, 0.2) is 0 Å². The maximum absolute atomic E-state index is 13.2. The average Bonchev–Trinajstić information content (AvgIpc) is 2.02. The molecule has 0 saturated carbocycles. The number of halogens is 1. The van der Waals surface area contributed by atoms with Crippen molar-refractivity contribution in [2.75, 3.05) is 17.2 Å². The molecule has 1 aliphatic heterocycles. The molecule has 0 unspecified atom stereocenters. The highest BCUT2D eigenvalue weighted by atomic mass is 19.1. The van der Waals surface area contributed by atoms with Gasteiger partial charge >= 0.3 is 0 Å². The van der Waals surface area contributed by atoms with E-state index in [2.05, 4.69) is 24.5 Å². The van der Waals surface area contributed by atoms with Crippen LogP contribution in [0.5, 0.6) is 0 Å². The van der Waals surface area contributed by atoms with Gasteiger partial charge < -0.3 is 10.6 Å². The van der Waals surface area contributed by atoms with Crippen molar-refractivity contribution in [2.45, 2.75) is 19.4 Å². The summed E-state index contributed by atoms with van der Waals surface area (Å²) in [7, 11) is 0. The number of rotatable bonds is 0. The van der Waals surface area contributed by atoms with E-state index in [1.54, 1.807) is 6.07 Å². The van der Waals surface area contributed by atoms with Crippen LogP contribution in [0, 0.1) is 5.82 Å². The highest BCUT2D eigenvalue weighted by Gasteiger charge is 2.24. The lowest BCUT2D eigenvalue weighted by atomic mass is 10.0. The Labute approximate surface area is 77.2 Å². The minimum absolute atomic E-state index is 0.0131. The van der Waals surface area contributed by atoms with Crippen LogP contribution in [0.4, 0.5) is 15.8 Å². The Morgan fingerprint density at radius 1 is 1.38 bits per heavy atom. The standard InChI is InChI=1S/C10H13FN2/c1-10(2)6-12-9-7(11)4-3-5-8(9)13-10/h3-5,12-13H,6H2,1-2H3. The molecule has 0 saturated heterocycles. The summed E-state index contributed by atoms with van der Waals surface area (Å²) in [5, 5.41) is 6.36. The van der Waals surface area contributed by atoms with Crippen LogP contribution in [0.2, 0.25) is 0 Å². The molecule has 0 bridgehead atoms. The van der Waals surface area contributed by atoms with Crippen LogP contribution < -0.4 is 10.6 Å². The monoisotopic (exact) mass is 180 g/mol. The fourth-order valence-corrected chi connectivity index (χ4v) is 1.53. The van der Waals surface area contributed by atoms with Gasteiger partial charge in [-0.1, -0.05) is 6.07 Å². The van der Waals surface area contributed by atoms with Gasteiger partial charge in [0.2, 0.25) is 0 Å². The fourth-order valence-electron chi connectivity index (χ4n) is 1.53.